The van der Waals surface area contributed by atoms with E-state index in [1.807, 2.05) is 32.0 Å². The molecule has 2 rings (SSSR count). The van der Waals surface area contributed by atoms with Crippen molar-refractivity contribution in [1.82, 2.24) is 4.90 Å². The number of carbonyl (C=O) groups excluding carboxylic acids is 3. The van der Waals surface area contributed by atoms with E-state index < -0.39 is 11.8 Å². The molecule has 24 heavy (non-hydrogen) atoms. The molecule has 1 aliphatic rings. The van der Waals surface area contributed by atoms with Gasteiger partial charge in [0.1, 0.15) is 0 Å². The van der Waals surface area contributed by atoms with E-state index >= 15 is 0 Å². The van der Waals surface area contributed by atoms with Gasteiger partial charge in [0, 0.05) is 18.8 Å². The number of nitrogens with one attached hydrogen (secondary N) is 1. The van der Waals surface area contributed by atoms with Crippen LogP contribution in [0.3, 0.4) is 0 Å². The van der Waals surface area contributed by atoms with Gasteiger partial charge in [-0.25, -0.2) is 0 Å². The number of rotatable bonds is 3. The number of hydrogen-bond acceptors (Lipinski definition) is 4. The van der Waals surface area contributed by atoms with Crippen molar-refractivity contribution in [2.45, 2.75) is 33.6 Å². The highest BCUT2D eigenvalue weighted by atomic mass is 16.5. The van der Waals surface area contributed by atoms with Gasteiger partial charge in [0.15, 0.2) is 0 Å². The van der Waals surface area contributed by atoms with Gasteiger partial charge < -0.3 is 15.0 Å². The minimum Gasteiger partial charge on any atom is -0.466 e. The number of amides is 2. The van der Waals surface area contributed by atoms with Crippen molar-refractivity contribution in [3.63, 3.8) is 0 Å². The van der Waals surface area contributed by atoms with Crippen molar-refractivity contribution >= 4 is 23.5 Å². The Bertz CT molecular complexity index is 622. The predicted molar refractivity (Wildman–Crippen MR) is 90.5 cm³/mol. The minimum atomic E-state index is -0.676. The van der Waals surface area contributed by atoms with Crippen LogP contribution in [0.2, 0.25) is 0 Å². The fourth-order valence-electron chi connectivity index (χ4n) is 2.99. The first-order valence-corrected chi connectivity index (χ1v) is 8.26. The normalized spacial score (nSPS) is 17.3. The molecular weight excluding hydrogens is 308 g/mol. The molecule has 6 heteroatoms. The highest BCUT2D eigenvalue weighted by molar-refractivity contribution is 6.39. The van der Waals surface area contributed by atoms with Gasteiger partial charge in [-0.3, -0.25) is 14.4 Å². The van der Waals surface area contributed by atoms with Crippen molar-refractivity contribution in [3.05, 3.63) is 29.3 Å². The van der Waals surface area contributed by atoms with E-state index in [0.717, 1.165) is 11.1 Å². The van der Waals surface area contributed by atoms with E-state index in [0.29, 0.717) is 31.7 Å². The van der Waals surface area contributed by atoms with Crippen LogP contribution >= 0.6 is 0 Å². The van der Waals surface area contributed by atoms with E-state index in [2.05, 4.69) is 5.32 Å². The Kier molecular flexibility index (Phi) is 5.95. The second kappa shape index (κ2) is 7.95. The molecule has 0 saturated carbocycles. The lowest BCUT2D eigenvalue weighted by Crippen LogP contribution is -2.47. The Balaban J connectivity index is 1.99. The maximum Gasteiger partial charge on any atom is 0.313 e. The number of aryl methyl sites for hydroxylation is 2. The highest BCUT2D eigenvalue weighted by Crippen LogP contribution is 2.19. The lowest BCUT2D eigenvalue weighted by molar-refractivity contribution is -0.153. The molecule has 1 aromatic carbocycles. The van der Waals surface area contributed by atoms with E-state index in [4.69, 9.17) is 4.74 Å². The molecule has 1 aromatic rings. The monoisotopic (exact) mass is 332 g/mol. The number of piperidine rings is 1. The van der Waals surface area contributed by atoms with Gasteiger partial charge >= 0.3 is 17.8 Å². The maximum absolute atomic E-state index is 12.4. The van der Waals surface area contributed by atoms with Gasteiger partial charge in [0.2, 0.25) is 0 Å². The lowest BCUT2D eigenvalue weighted by Gasteiger charge is -2.31. The summed E-state index contributed by atoms with van der Waals surface area (Å²) in [7, 11) is 0. The third-order valence-electron chi connectivity index (χ3n) is 4.00. The molecule has 1 heterocycles. The van der Waals surface area contributed by atoms with Crippen LogP contribution in [0.4, 0.5) is 5.69 Å². The summed E-state index contributed by atoms with van der Waals surface area (Å²) in [4.78, 5) is 37.9. The number of nitrogens with zero attached hydrogens (tertiary/aromatic N) is 1. The van der Waals surface area contributed by atoms with E-state index in [-0.39, 0.29) is 18.4 Å². The van der Waals surface area contributed by atoms with Gasteiger partial charge in [-0.2, -0.15) is 0 Å². The van der Waals surface area contributed by atoms with Gasteiger partial charge in [0.05, 0.1) is 12.5 Å². The molecular formula is C18H24N2O4. The molecule has 2 amide bonds. The number of ether oxygens (including phenoxy) is 1. The highest BCUT2D eigenvalue weighted by Gasteiger charge is 2.32. The van der Waals surface area contributed by atoms with Gasteiger partial charge in [-0.05, 0) is 56.9 Å². The maximum atomic E-state index is 12.4. The molecule has 1 N–H and O–H groups in total. The molecule has 0 spiro atoms. The quantitative estimate of drug-likeness (QED) is 0.679. The first kappa shape index (κ1) is 18.0. The summed E-state index contributed by atoms with van der Waals surface area (Å²) in [6, 6.07) is 5.62. The SMILES string of the molecule is CCOC(=O)C1CCCN(C(=O)C(=O)Nc2cc(C)cc(C)c2)C1. The summed E-state index contributed by atoms with van der Waals surface area (Å²) < 4.78 is 5.01. The van der Waals surface area contributed by atoms with Crippen molar-refractivity contribution in [2.24, 2.45) is 5.92 Å². The number of esters is 1. The number of anilines is 1. The summed E-state index contributed by atoms with van der Waals surface area (Å²) in [5.41, 5.74) is 2.63. The standard InChI is InChI=1S/C18H24N2O4/c1-4-24-18(23)14-6-5-7-20(11-14)17(22)16(21)19-15-9-12(2)8-13(3)10-15/h8-10,14H,4-7,11H2,1-3H3,(H,19,21). The molecule has 0 aromatic heterocycles. The molecule has 6 nitrogen and oxygen atoms in total. The van der Waals surface area contributed by atoms with Crippen molar-refractivity contribution in [3.8, 4) is 0 Å². The zero-order valence-corrected chi connectivity index (χ0v) is 14.4. The van der Waals surface area contributed by atoms with Crippen LogP contribution in [0, 0.1) is 19.8 Å². The second-order valence-electron chi connectivity index (χ2n) is 6.17. The molecule has 1 aliphatic heterocycles. The summed E-state index contributed by atoms with van der Waals surface area (Å²) in [5, 5.41) is 2.64. The van der Waals surface area contributed by atoms with Crippen LogP contribution in [0.15, 0.2) is 18.2 Å². The largest absolute Gasteiger partial charge is 0.466 e. The average Bonchev–Trinajstić information content (AvgIpc) is 2.53. The molecule has 130 valence electrons. The molecule has 1 saturated heterocycles. The fraction of sp³-hybridized carbons (Fsp3) is 0.500. The zero-order chi connectivity index (χ0) is 17.7. The smallest absolute Gasteiger partial charge is 0.313 e. The first-order valence-electron chi connectivity index (χ1n) is 8.26. The van der Waals surface area contributed by atoms with Crippen molar-refractivity contribution < 1.29 is 19.1 Å². The molecule has 0 radical (unpaired) electrons. The van der Waals surface area contributed by atoms with Crippen LogP contribution in [-0.2, 0) is 19.1 Å². The Hall–Kier alpha value is -2.37. The molecule has 1 unspecified atom stereocenters. The summed E-state index contributed by atoms with van der Waals surface area (Å²) >= 11 is 0. The Morgan fingerprint density at radius 2 is 1.88 bits per heavy atom. The van der Waals surface area contributed by atoms with Crippen molar-refractivity contribution in [1.29, 1.82) is 0 Å². The Morgan fingerprint density at radius 3 is 2.50 bits per heavy atom. The molecule has 1 atom stereocenters. The van der Waals surface area contributed by atoms with Gasteiger partial charge in [-0.15, -0.1) is 0 Å². The number of likely N-dealkylation sites (tertiary alicyclic amines) is 1. The lowest BCUT2D eigenvalue weighted by atomic mass is 9.98. The van der Waals surface area contributed by atoms with Crippen LogP contribution in [-0.4, -0.2) is 42.4 Å². The van der Waals surface area contributed by atoms with Crippen molar-refractivity contribution in [2.75, 3.05) is 25.0 Å². The van der Waals surface area contributed by atoms with Crippen LogP contribution < -0.4 is 5.32 Å². The van der Waals surface area contributed by atoms with Gasteiger partial charge in [0.25, 0.3) is 0 Å². The van der Waals surface area contributed by atoms with E-state index in [9.17, 15) is 14.4 Å². The first-order chi connectivity index (χ1) is 11.4. The van der Waals surface area contributed by atoms with Crippen LogP contribution in [0.5, 0.6) is 0 Å². The molecule has 0 bridgehead atoms. The minimum absolute atomic E-state index is 0.234. The predicted octanol–water partition coefficient (Wildman–Crippen LogP) is 2.04. The summed E-state index contributed by atoms with van der Waals surface area (Å²) in [5.74, 6) is -1.94. The summed E-state index contributed by atoms with van der Waals surface area (Å²) in [6.45, 7) is 6.64. The second-order valence-corrected chi connectivity index (χ2v) is 6.17. The van der Waals surface area contributed by atoms with Gasteiger partial charge in [-0.1, -0.05) is 6.07 Å². The third kappa shape index (κ3) is 4.57. The molecule has 1 fully saturated rings. The number of hydrogen-bond donors (Lipinski definition) is 1. The van der Waals surface area contributed by atoms with Crippen LogP contribution in [0.1, 0.15) is 30.9 Å². The summed E-state index contributed by atoms with van der Waals surface area (Å²) in [6.07, 6.45) is 1.37. The third-order valence-corrected chi connectivity index (χ3v) is 4.00. The Labute approximate surface area is 142 Å². The topological polar surface area (TPSA) is 75.7 Å². The van der Waals surface area contributed by atoms with E-state index in [1.165, 1.54) is 4.90 Å². The zero-order valence-electron chi connectivity index (χ0n) is 14.4. The fourth-order valence-corrected chi connectivity index (χ4v) is 2.99. The number of benzene rings is 1. The van der Waals surface area contributed by atoms with Crippen LogP contribution in [0.25, 0.3) is 0 Å². The average molecular weight is 332 g/mol. The number of carbonyl (C=O) groups is 3. The Morgan fingerprint density at radius 1 is 1.21 bits per heavy atom. The van der Waals surface area contributed by atoms with E-state index in [1.54, 1.807) is 6.92 Å². The molecule has 0 aliphatic carbocycles.